The number of rotatable bonds is 2. The van der Waals surface area contributed by atoms with E-state index in [1.165, 1.54) is 0 Å². The van der Waals surface area contributed by atoms with E-state index < -0.39 is 9.70 Å². The predicted molar refractivity (Wildman–Crippen MR) is 63.4 cm³/mol. The van der Waals surface area contributed by atoms with Gasteiger partial charge >= 0.3 is 0 Å². The van der Waals surface area contributed by atoms with Gasteiger partial charge in [0.15, 0.2) is 0 Å². The molecule has 0 radical (unpaired) electrons. The second kappa shape index (κ2) is 5.73. The fourth-order valence-corrected chi connectivity index (χ4v) is 1.34. The van der Waals surface area contributed by atoms with Crippen LogP contribution in [0.3, 0.4) is 0 Å². The molecule has 0 saturated carbocycles. The molecule has 1 aliphatic rings. The summed E-state index contributed by atoms with van der Waals surface area (Å²) in [6, 6.07) is 0. The van der Waals surface area contributed by atoms with Crippen LogP contribution in [0.15, 0.2) is 17.3 Å². The van der Waals surface area contributed by atoms with Crippen LogP contribution in [0.4, 0.5) is 0 Å². The van der Waals surface area contributed by atoms with Gasteiger partial charge in [0, 0.05) is 6.21 Å². The Morgan fingerprint density at radius 1 is 1.47 bits per heavy atom. The summed E-state index contributed by atoms with van der Waals surface area (Å²) in [6.45, 7) is 0. The Morgan fingerprint density at radius 3 is 2.73 bits per heavy atom. The van der Waals surface area contributed by atoms with E-state index >= 15 is 0 Å². The van der Waals surface area contributed by atoms with Gasteiger partial charge in [0.05, 0.1) is 0 Å². The highest BCUT2D eigenvalue weighted by atomic mass is 35.6. The van der Waals surface area contributed by atoms with E-state index in [0.29, 0.717) is 5.92 Å². The zero-order chi connectivity index (χ0) is 11.3. The normalized spacial score (nSPS) is 21.9. The summed E-state index contributed by atoms with van der Waals surface area (Å²) in [4.78, 5) is 11.1. The standard InChI is InChI=1S/C9H11Cl3N2O/c10-9(11,12)8(15)14-13-6-7-4-2-1-3-5-7/h1-2,6-7H,3-5H2,(H,14,15)/b13-6+. The van der Waals surface area contributed by atoms with E-state index in [-0.39, 0.29) is 0 Å². The van der Waals surface area contributed by atoms with Crippen LogP contribution < -0.4 is 5.43 Å². The number of nitrogens with zero attached hydrogens (tertiary/aromatic N) is 1. The van der Waals surface area contributed by atoms with Gasteiger partial charge in [-0.25, -0.2) is 5.43 Å². The Kier molecular flexibility index (Phi) is 4.90. The minimum atomic E-state index is -1.95. The number of halogens is 3. The third kappa shape index (κ3) is 4.87. The number of hydrazone groups is 1. The maximum absolute atomic E-state index is 11.1. The first-order valence-corrected chi connectivity index (χ1v) is 5.69. The molecule has 0 fully saturated rings. The molecule has 0 aliphatic heterocycles. The summed E-state index contributed by atoms with van der Waals surface area (Å²) in [7, 11) is 0. The lowest BCUT2D eigenvalue weighted by Gasteiger charge is -2.12. The van der Waals surface area contributed by atoms with Gasteiger partial charge in [0.1, 0.15) is 0 Å². The average Bonchev–Trinajstić information content (AvgIpc) is 2.18. The third-order valence-electron chi connectivity index (χ3n) is 2.02. The van der Waals surface area contributed by atoms with E-state index in [1.807, 2.05) is 0 Å². The lowest BCUT2D eigenvalue weighted by molar-refractivity contribution is -0.120. The maximum atomic E-state index is 11.1. The van der Waals surface area contributed by atoms with E-state index in [1.54, 1.807) is 6.21 Å². The number of hydrogen-bond acceptors (Lipinski definition) is 2. The van der Waals surface area contributed by atoms with Crippen molar-refractivity contribution in [1.29, 1.82) is 0 Å². The van der Waals surface area contributed by atoms with Crippen LogP contribution in [0.2, 0.25) is 0 Å². The van der Waals surface area contributed by atoms with Crippen molar-refractivity contribution in [3.05, 3.63) is 12.2 Å². The molecule has 15 heavy (non-hydrogen) atoms. The second-order valence-corrected chi connectivity index (χ2v) is 5.54. The maximum Gasteiger partial charge on any atom is 0.292 e. The highest BCUT2D eigenvalue weighted by Gasteiger charge is 2.30. The van der Waals surface area contributed by atoms with Crippen LogP contribution in [0, 0.1) is 5.92 Å². The molecule has 1 N–H and O–H groups in total. The highest BCUT2D eigenvalue weighted by Crippen LogP contribution is 2.25. The average molecular weight is 270 g/mol. The fourth-order valence-electron chi connectivity index (χ4n) is 1.22. The van der Waals surface area contributed by atoms with E-state index in [9.17, 15) is 4.79 Å². The topological polar surface area (TPSA) is 41.5 Å². The van der Waals surface area contributed by atoms with Gasteiger partial charge in [0.25, 0.3) is 9.70 Å². The Morgan fingerprint density at radius 2 is 2.20 bits per heavy atom. The van der Waals surface area contributed by atoms with Crippen LogP contribution in [0.5, 0.6) is 0 Å². The van der Waals surface area contributed by atoms with Gasteiger partial charge in [-0.2, -0.15) is 5.10 Å². The first-order valence-electron chi connectivity index (χ1n) is 4.55. The second-order valence-electron chi connectivity index (χ2n) is 3.26. The van der Waals surface area contributed by atoms with Crippen molar-refractivity contribution < 1.29 is 4.79 Å². The molecule has 1 unspecified atom stereocenters. The minimum Gasteiger partial charge on any atom is -0.268 e. The van der Waals surface area contributed by atoms with E-state index in [2.05, 4.69) is 22.7 Å². The van der Waals surface area contributed by atoms with Crippen LogP contribution in [-0.2, 0) is 4.79 Å². The van der Waals surface area contributed by atoms with Crippen molar-refractivity contribution in [1.82, 2.24) is 5.43 Å². The molecule has 84 valence electrons. The van der Waals surface area contributed by atoms with Gasteiger partial charge in [-0.3, -0.25) is 4.79 Å². The predicted octanol–water partition coefficient (Wildman–Crippen LogP) is 2.81. The Bertz CT molecular complexity index is 284. The largest absolute Gasteiger partial charge is 0.292 e. The smallest absolute Gasteiger partial charge is 0.268 e. The minimum absolute atomic E-state index is 0.352. The summed E-state index contributed by atoms with van der Waals surface area (Å²) in [5.74, 6) is -0.388. The fraction of sp³-hybridized carbons (Fsp3) is 0.556. The van der Waals surface area contributed by atoms with Gasteiger partial charge in [0.2, 0.25) is 0 Å². The zero-order valence-corrected chi connectivity index (χ0v) is 10.2. The Balaban J connectivity index is 2.33. The SMILES string of the molecule is O=C(N/N=C/C1CC=CCC1)C(Cl)(Cl)Cl. The molecule has 1 amide bonds. The monoisotopic (exact) mass is 268 g/mol. The first kappa shape index (κ1) is 12.8. The molecule has 0 spiro atoms. The molecule has 0 aromatic heterocycles. The molecule has 1 aliphatic carbocycles. The number of carbonyl (C=O) groups excluding carboxylic acids is 1. The summed E-state index contributed by atoms with van der Waals surface area (Å²) >= 11 is 16.0. The molecule has 0 aromatic carbocycles. The molecule has 1 atom stereocenters. The number of hydrogen-bond donors (Lipinski definition) is 1. The molecule has 0 heterocycles. The van der Waals surface area contributed by atoms with Gasteiger partial charge in [-0.05, 0) is 25.2 Å². The molecule has 6 heteroatoms. The molecule has 1 rings (SSSR count). The van der Waals surface area contributed by atoms with Gasteiger partial charge < -0.3 is 0 Å². The van der Waals surface area contributed by atoms with Crippen molar-refractivity contribution in [3.63, 3.8) is 0 Å². The van der Waals surface area contributed by atoms with E-state index in [0.717, 1.165) is 19.3 Å². The summed E-state index contributed by atoms with van der Waals surface area (Å²) in [5.41, 5.74) is 2.18. The highest BCUT2D eigenvalue weighted by molar-refractivity contribution is 6.76. The molecular weight excluding hydrogens is 258 g/mol. The first-order chi connectivity index (χ1) is 7.00. The quantitative estimate of drug-likeness (QED) is 0.356. The Hall–Kier alpha value is -0.250. The summed E-state index contributed by atoms with van der Waals surface area (Å²) in [5, 5.41) is 3.75. The van der Waals surface area contributed by atoms with Crippen LogP contribution in [0.1, 0.15) is 19.3 Å². The number of amides is 1. The van der Waals surface area contributed by atoms with Crippen molar-refractivity contribution >= 4 is 46.9 Å². The number of alkyl halides is 3. The van der Waals surface area contributed by atoms with Crippen LogP contribution >= 0.6 is 34.8 Å². The van der Waals surface area contributed by atoms with Crippen LogP contribution in [-0.4, -0.2) is 15.9 Å². The molecule has 0 bridgehead atoms. The van der Waals surface area contributed by atoms with Gasteiger partial charge in [-0.1, -0.05) is 47.0 Å². The van der Waals surface area contributed by atoms with Crippen molar-refractivity contribution in [2.45, 2.75) is 23.1 Å². The van der Waals surface area contributed by atoms with E-state index in [4.69, 9.17) is 34.8 Å². The van der Waals surface area contributed by atoms with Crippen molar-refractivity contribution in [2.24, 2.45) is 11.0 Å². The molecular formula is C9H11Cl3N2O. The van der Waals surface area contributed by atoms with Crippen molar-refractivity contribution in [3.8, 4) is 0 Å². The third-order valence-corrected chi connectivity index (χ3v) is 2.53. The van der Waals surface area contributed by atoms with Gasteiger partial charge in [-0.15, -0.1) is 0 Å². The molecule has 0 saturated heterocycles. The number of nitrogens with one attached hydrogen (secondary N) is 1. The molecule has 0 aromatic rings. The number of allylic oxidation sites excluding steroid dienone is 2. The van der Waals surface area contributed by atoms with Crippen molar-refractivity contribution in [2.75, 3.05) is 0 Å². The molecule has 3 nitrogen and oxygen atoms in total. The zero-order valence-electron chi connectivity index (χ0n) is 7.92. The summed E-state index contributed by atoms with van der Waals surface area (Å²) < 4.78 is -1.95. The lowest BCUT2D eigenvalue weighted by Crippen LogP contribution is -2.31. The van der Waals surface area contributed by atoms with Crippen LogP contribution in [0.25, 0.3) is 0 Å². The Labute approximate surface area is 103 Å². The number of carbonyl (C=O) groups is 1. The summed E-state index contributed by atoms with van der Waals surface area (Å²) in [6.07, 6.45) is 8.91. The lowest BCUT2D eigenvalue weighted by atomic mass is 9.96.